The maximum Gasteiger partial charge on any atom is 0.303 e. The van der Waals surface area contributed by atoms with E-state index < -0.39 is 24.5 Å². The molecule has 4 aromatic carbocycles. The Bertz CT molecular complexity index is 1710. The molecule has 3 N–H and O–H groups in total. The predicted octanol–water partition coefficient (Wildman–Crippen LogP) is 6.26. The van der Waals surface area contributed by atoms with Crippen LogP contribution < -0.4 is 5.32 Å². The first-order valence-electron chi connectivity index (χ1n) is 17.1. The van der Waals surface area contributed by atoms with E-state index >= 15 is 0 Å². The van der Waals surface area contributed by atoms with Crippen LogP contribution in [0.5, 0.6) is 0 Å². The van der Waals surface area contributed by atoms with Crippen molar-refractivity contribution in [1.29, 1.82) is 0 Å². The molecule has 1 heterocycles. The standard InChI is InChI=1S/C41H48N2O7/c1-26-37(24-43(5)27(2)38(46)32-12-7-6-8-13-32)49-41(50-39(26)33-19-17-30(25-44)18-20-33)36-16-10-15-35(22-36)34-14-9-11-31(21-34)23-42-40(47)28(3)48-29(4)45/h6-22,26-28,37-39,41,44,46H,23-25H2,1-5H3,(H,42,47)/t26-,27+,28-,37+,38+,39+,41+/m0/s1. The molecule has 5 rings (SSSR count). The van der Waals surface area contributed by atoms with Gasteiger partial charge in [0, 0.05) is 37.5 Å². The van der Waals surface area contributed by atoms with Crippen LogP contribution in [0.1, 0.15) is 74.0 Å². The monoisotopic (exact) mass is 680 g/mol. The third-order valence-electron chi connectivity index (χ3n) is 9.48. The number of nitrogens with one attached hydrogen (secondary N) is 1. The molecule has 9 nitrogen and oxygen atoms in total. The minimum Gasteiger partial charge on any atom is -0.453 e. The molecule has 7 atom stereocenters. The van der Waals surface area contributed by atoms with Crippen LogP contribution >= 0.6 is 0 Å². The van der Waals surface area contributed by atoms with Gasteiger partial charge in [0.25, 0.3) is 5.91 Å². The molecular formula is C41H48N2O7. The summed E-state index contributed by atoms with van der Waals surface area (Å²) in [5.41, 5.74) is 6.40. The van der Waals surface area contributed by atoms with Crippen molar-refractivity contribution in [2.75, 3.05) is 13.6 Å². The highest BCUT2D eigenvalue weighted by molar-refractivity contribution is 5.82. The van der Waals surface area contributed by atoms with Crippen LogP contribution in [0.25, 0.3) is 11.1 Å². The van der Waals surface area contributed by atoms with Crippen LogP contribution in [0.3, 0.4) is 0 Å². The van der Waals surface area contributed by atoms with Crippen molar-refractivity contribution in [3.63, 3.8) is 0 Å². The van der Waals surface area contributed by atoms with Crippen molar-refractivity contribution in [2.45, 2.75) is 77.6 Å². The Hall–Kier alpha value is -4.38. The van der Waals surface area contributed by atoms with E-state index in [2.05, 4.69) is 23.2 Å². The zero-order valence-corrected chi connectivity index (χ0v) is 29.4. The Balaban J connectivity index is 1.37. The fraction of sp³-hybridized carbons (Fsp3) is 0.366. The molecule has 50 heavy (non-hydrogen) atoms. The molecule has 0 unspecified atom stereocenters. The minimum atomic E-state index is -0.872. The van der Waals surface area contributed by atoms with Gasteiger partial charge in [0.05, 0.1) is 24.9 Å². The first-order valence-corrected chi connectivity index (χ1v) is 17.1. The number of aliphatic hydroxyl groups is 2. The van der Waals surface area contributed by atoms with E-state index in [0.29, 0.717) is 6.54 Å². The summed E-state index contributed by atoms with van der Waals surface area (Å²) in [6.45, 7) is 7.79. The molecule has 0 bridgehead atoms. The van der Waals surface area contributed by atoms with Gasteiger partial charge in [0.15, 0.2) is 12.4 Å². The lowest BCUT2D eigenvalue weighted by atomic mass is 9.89. The number of hydrogen-bond donors (Lipinski definition) is 3. The maximum atomic E-state index is 12.4. The van der Waals surface area contributed by atoms with E-state index in [1.165, 1.54) is 6.92 Å². The molecule has 1 amide bonds. The van der Waals surface area contributed by atoms with Crippen molar-refractivity contribution < 1.29 is 34.0 Å². The van der Waals surface area contributed by atoms with E-state index in [1.807, 2.05) is 111 Å². The van der Waals surface area contributed by atoms with Gasteiger partial charge in [-0.25, -0.2) is 0 Å². The molecule has 0 spiro atoms. The van der Waals surface area contributed by atoms with E-state index in [0.717, 1.165) is 38.9 Å². The van der Waals surface area contributed by atoms with E-state index in [4.69, 9.17) is 14.2 Å². The SMILES string of the molecule is CC(=O)O[C@@H](C)C(=O)NCc1cccc(-c2cccc([C@@H]3O[C@H](CN(C)[C@H](C)[C@@H](O)c4ccccc4)[C@H](C)[C@H](c4ccc(CO)cc4)O3)c2)c1. The van der Waals surface area contributed by atoms with Crippen LogP contribution in [-0.4, -0.2) is 58.8 Å². The number of nitrogens with zero attached hydrogens (tertiary/aromatic N) is 1. The van der Waals surface area contributed by atoms with Crippen molar-refractivity contribution in [3.8, 4) is 11.1 Å². The lowest BCUT2D eigenvalue weighted by Gasteiger charge is -2.43. The summed E-state index contributed by atoms with van der Waals surface area (Å²) >= 11 is 0. The average Bonchev–Trinajstić information content (AvgIpc) is 3.14. The number of likely N-dealkylation sites (N-methyl/N-ethyl adjacent to an activating group) is 1. The topological polar surface area (TPSA) is 118 Å². The fourth-order valence-corrected chi connectivity index (χ4v) is 6.31. The molecule has 264 valence electrons. The molecule has 1 fully saturated rings. The van der Waals surface area contributed by atoms with Crippen molar-refractivity contribution in [2.24, 2.45) is 5.92 Å². The number of hydrogen-bond acceptors (Lipinski definition) is 8. The first-order chi connectivity index (χ1) is 24.0. The van der Waals surface area contributed by atoms with Gasteiger partial charge in [-0.15, -0.1) is 0 Å². The van der Waals surface area contributed by atoms with Gasteiger partial charge in [0.2, 0.25) is 0 Å². The lowest BCUT2D eigenvalue weighted by Crippen LogP contribution is -2.46. The fourth-order valence-electron chi connectivity index (χ4n) is 6.31. The number of carbonyl (C=O) groups is 2. The summed E-state index contributed by atoms with van der Waals surface area (Å²) in [5.74, 6) is -0.887. The number of esters is 1. The summed E-state index contributed by atoms with van der Waals surface area (Å²) < 4.78 is 18.5. The molecule has 1 aliphatic rings. The molecule has 9 heteroatoms. The van der Waals surface area contributed by atoms with Gasteiger partial charge in [-0.2, -0.15) is 0 Å². The van der Waals surface area contributed by atoms with Gasteiger partial charge in [-0.1, -0.05) is 97.9 Å². The molecule has 0 radical (unpaired) electrons. The zero-order chi connectivity index (χ0) is 35.8. The highest BCUT2D eigenvalue weighted by atomic mass is 16.7. The van der Waals surface area contributed by atoms with Crippen LogP contribution in [0.4, 0.5) is 0 Å². The minimum absolute atomic E-state index is 0.0200. The molecule has 0 aliphatic carbocycles. The number of benzene rings is 4. The van der Waals surface area contributed by atoms with Gasteiger partial charge >= 0.3 is 5.97 Å². The van der Waals surface area contributed by atoms with E-state index in [-0.39, 0.29) is 43.2 Å². The zero-order valence-electron chi connectivity index (χ0n) is 29.4. The highest BCUT2D eigenvalue weighted by Crippen LogP contribution is 2.42. The summed E-state index contributed by atoms with van der Waals surface area (Å²) in [4.78, 5) is 25.8. The second-order valence-electron chi connectivity index (χ2n) is 13.2. The van der Waals surface area contributed by atoms with Crippen LogP contribution in [-0.2, 0) is 37.0 Å². The van der Waals surface area contributed by atoms with Gasteiger partial charge in [-0.3, -0.25) is 14.5 Å². The van der Waals surface area contributed by atoms with Gasteiger partial charge in [0.1, 0.15) is 0 Å². The molecule has 0 saturated carbocycles. The number of rotatable bonds is 13. The Labute approximate surface area is 294 Å². The molecule has 1 saturated heterocycles. The van der Waals surface area contributed by atoms with Crippen LogP contribution in [0.2, 0.25) is 0 Å². The summed E-state index contributed by atoms with van der Waals surface area (Å²) in [6, 6.07) is 33.3. The Morgan fingerprint density at radius 2 is 1.54 bits per heavy atom. The smallest absolute Gasteiger partial charge is 0.303 e. The Morgan fingerprint density at radius 1 is 0.860 bits per heavy atom. The summed E-state index contributed by atoms with van der Waals surface area (Å²) in [6.07, 6.45) is -2.70. The number of amides is 1. The third-order valence-corrected chi connectivity index (χ3v) is 9.48. The molecule has 1 aliphatic heterocycles. The average molecular weight is 681 g/mol. The number of carbonyl (C=O) groups excluding carboxylic acids is 2. The Kier molecular flexibility index (Phi) is 12.6. The largest absolute Gasteiger partial charge is 0.453 e. The third kappa shape index (κ3) is 9.24. The second kappa shape index (κ2) is 17.0. The molecule has 0 aromatic heterocycles. The first kappa shape index (κ1) is 36.9. The normalized spacial score (nSPS) is 20.9. The molecule has 4 aromatic rings. The molecular weight excluding hydrogens is 632 g/mol. The van der Waals surface area contributed by atoms with Crippen molar-refractivity contribution in [1.82, 2.24) is 10.2 Å². The van der Waals surface area contributed by atoms with E-state index in [9.17, 15) is 19.8 Å². The lowest BCUT2D eigenvalue weighted by molar-refractivity contribution is -0.276. The summed E-state index contributed by atoms with van der Waals surface area (Å²) in [7, 11) is 2.01. The van der Waals surface area contributed by atoms with E-state index in [1.54, 1.807) is 6.92 Å². The summed E-state index contributed by atoms with van der Waals surface area (Å²) in [5, 5.41) is 23.6. The second-order valence-corrected chi connectivity index (χ2v) is 13.2. The van der Waals surface area contributed by atoms with Gasteiger partial charge in [-0.05, 0) is 66.4 Å². The number of aliphatic hydroxyl groups excluding tert-OH is 2. The van der Waals surface area contributed by atoms with Crippen molar-refractivity contribution in [3.05, 3.63) is 131 Å². The predicted molar refractivity (Wildman–Crippen MR) is 191 cm³/mol. The van der Waals surface area contributed by atoms with Crippen molar-refractivity contribution >= 4 is 11.9 Å². The number of ether oxygens (including phenoxy) is 3. The maximum absolute atomic E-state index is 12.4. The van der Waals surface area contributed by atoms with Crippen LogP contribution in [0.15, 0.2) is 103 Å². The Morgan fingerprint density at radius 3 is 2.22 bits per heavy atom. The van der Waals surface area contributed by atoms with Gasteiger partial charge < -0.3 is 29.7 Å². The quantitative estimate of drug-likeness (QED) is 0.142. The highest BCUT2D eigenvalue weighted by Gasteiger charge is 2.39. The van der Waals surface area contributed by atoms with Crippen LogP contribution in [0, 0.1) is 5.92 Å².